The molecule has 0 fully saturated rings. The molecule has 0 bridgehead atoms. The minimum absolute atomic E-state index is 0.935. The molecule has 5 heteroatoms. The first-order chi connectivity index (χ1) is 23.4. The van der Waals surface area contributed by atoms with E-state index in [1.54, 1.807) is 0 Å². The maximum atomic E-state index is 5.42. The number of imidazole rings is 1. The average Bonchev–Trinajstić information content (AvgIpc) is 3.80. The molecule has 5 aromatic heterocycles. The highest BCUT2D eigenvalue weighted by Crippen LogP contribution is 2.49. The van der Waals surface area contributed by atoms with Gasteiger partial charge in [-0.15, -0.1) is 0 Å². The van der Waals surface area contributed by atoms with Crippen molar-refractivity contribution in [2.45, 2.75) is 0 Å². The second kappa shape index (κ2) is 9.05. The molecule has 5 heterocycles. The SMILES string of the molecule is c1ccc(-n2c3ccccc3c3c4c5ncccc5n5c6ccccc6nc5c4c4c(c5ccccc5n4-c4ccccc4)c32)cc1. The molecule has 6 aromatic carbocycles. The Kier molecular flexibility index (Phi) is 4.78. The van der Waals surface area contributed by atoms with Gasteiger partial charge in [-0.2, -0.15) is 0 Å². The normalized spacial score (nSPS) is 12.3. The van der Waals surface area contributed by atoms with Crippen molar-refractivity contribution in [2.75, 3.05) is 0 Å². The summed E-state index contributed by atoms with van der Waals surface area (Å²) >= 11 is 0. The van der Waals surface area contributed by atoms with Crippen molar-refractivity contribution in [1.82, 2.24) is 23.5 Å². The van der Waals surface area contributed by atoms with Crippen LogP contribution in [0.15, 0.2) is 152 Å². The summed E-state index contributed by atoms with van der Waals surface area (Å²) in [5.41, 5.74) is 11.8. The van der Waals surface area contributed by atoms with Crippen molar-refractivity contribution >= 4 is 82.1 Å². The van der Waals surface area contributed by atoms with E-state index in [0.29, 0.717) is 0 Å². The van der Waals surface area contributed by atoms with Crippen LogP contribution in [0.25, 0.3) is 93.5 Å². The number of para-hydroxylation sites is 6. The average molecular weight is 600 g/mol. The monoisotopic (exact) mass is 599 g/mol. The van der Waals surface area contributed by atoms with Gasteiger partial charge in [-0.25, -0.2) is 4.98 Å². The van der Waals surface area contributed by atoms with Crippen molar-refractivity contribution < 1.29 is 0 Å². The van der Waals surface area contributed by atoms with E-state index in [9.17, 15) is 0 Å². The molecule has 5 nitrogen and oxygen atoms in total. The summed E-state index contributed by atoms with van der Waals surface area (Å²) in [4.78, 5) is 10.6. The Morgan fingerprint density at radius 1 is 0.404 bits per heavy atom. The van der Waals surface area contributed by atoms with Crippen LogP contribution in [-0.4, -0.2) is 23.5 Å². The van der Waals surface area contributed by atoms with E-state index in [1.807, 2.05) is 12.3 Å². The molecule has 11 aromatic rings. The molecule has 0 saturated heterocycles. The molecule has 218 valence electrons. The predicted octanol–water partition coefficient (Wildman–Crippen LogP) is 10.4. The van der Waals surface area contributed by atoms with Crippen LogP contribution in [0.1, 0.15) is 0 Å². The minimum atomic E-state index is 0.935. The summed E-state index contributed by atoms with van der Waals surface area (Å²) in [6.07, 6.45) is 1.92. The molecule has 11 rings (SSSR count). The zero-order valence-corrected chi connectivity index (χ0v) is 25.2. The van der Waals surface area contributed by atoms with E-state index < -0.39 is 0 Å². The quantitative estimate of drug-likeness (QED) is 0.186. The Bertz CT molecular complexity index is 3060. The minimum Gasteiger partial charge on any atom is -0.309 e. The molecule has 47 heavy (non-hydrogen) atoms. The van der Waals surface area contributed by atoms with Crippen LogP contribution in [0.5, 0.6) is 0 Å². The second-order valence-corrected chi connectivity index (χ2v) is 12.2. The van der Waals surface area contributed by atoms with Gasteiger partial charge in [0, 0.05) is 44.5 Å². The van der Waals surface area contributed by atoms with Crippen molar-refractivity contribution in [3.63, 3.8) is 0 Å². The van der Waals surface area contributed by atoms with Gasteiger partial charge in [-0.1, -0.05) is 84.9 Å². The van der Waals surface area contributed by atoms with Gasteiger partial charge in [0.05, 0.1) is 49.5 Å². The van der Waals surface area contributed by atoms with Gasteiger partial charge in [0.15, 0.2) is 0 Å². The second-order valence-electron chi connectivity index (χ2n) is 12.2. The first kappa shape index (κ1) is 24.8. The third kappa shape index (κ3) is 3.12. The lowest BCUT2D eigenvalue weighted by molar-refractivity contribution is 1.18. The van der Waals surface area contributed by atoms with Gasteiger partial charge in [-0.05, 0) is 60.7 Å². The predicted molar refractivity (Wildman–Crippen MR) is 194 cm³/mol. The van der Waals surface area contributed by atoms with Crippen molar-refractivity contribution in [3.8, 4) is 11.4 Å². The highest BCUT2D eigenvalue weighted by Gasteiger charge is 2.28. The van der Waals surface area contributed by atoms with Crippen LogP contribution < -0.4 is 0 Å². The molecule has 0 aliphatic carbocycles. The van der Waals surface area contributed by atoms with Crippen LogP contribution in [0, 0.1) is 0 Å². The maximum Gasteiger partial charge on any atom is 0.148 e. The molecule has 0 unspecified atom stereocenters. The molecular formula is C42H25N5. The van der Waals surface area contributed by atoms with Crippen molar-refractivity contribution in [1.29, 1.82) is 0 Å². The first-order valence-electron chi connectivity index (χ1n) is 16.0. The van der Waals surface area contributed by atoms with Crippen LogP contribution >= 0.6 is 0 Å². The number of rotatable bonds is 2. The van der Waals surface area contributed by atoms with Gasteiger partial charge in [0.25, 0.3) is 0 Å². The fraction of sp³-hybridized carbons (Fsp3) is 0. The number of nitrogens with zero attached hydrogens (tertiary/aromatic N) is 5. The topological polar surface area (TPSA) is 40.1 Å². The molecule has 0 radical (unpaired) electrons. The molecule has 0 amide bonds. The molecule has 0 spiro atoms. The number of hydrogen-bond acceptors (Lipinski definition) is 2. The molecule has 0 N–H and O–H groups in total. The highest BCUT2D eigenvalue weighted by atomic mass is 15.1. The highest BCUT2D eigenvalue weighted by molar-refractivity contribution is 6.41. The maximum absolute atomic E-state index is 5.42. The summed E-state index contributed by atoms with van der Waals surface area (Å²) < 4.78 is 7.21. The van der Waals surface area contributed by atoms with E-state index in [0.717, 1.165) is 66.4 Å². The van der Waals surface area contributed by atoms with Gasteiger partial charge < -0.3 is 9.13 Å². The lowest BCUT2D eigenvalue weighted by Gasteiger charge is -2.15. The lowest BCUT2D eigenvalue weighted by Crippen LogP contribution is -1.99. The van der Waals surface area contributed by atoms with Gasteiger partial charge in [0.2, 0.25) is 0 Å². The van der Waals surface area contributed by atoms with Crippen LogP contribution in [-0.2, 0) is 0 Å². The van der Waals surface area contributed by atoms with E-state index in [2.05, 4.69) is 153 Å². The van der Waals surface area contributed by atoms with Crippen LogP contribution in [0.3, 0.4) is 0 Å². The number of fused-ring (bicyclic) bond motifs is 17. The van der Waals surface area contributed by atoms with E-state index in [-0.39, 0.29) is 0 Å². The zero-order valence-electron chi connectivity index (χ0n) is 25.2. The van der Waals surface area contributed by atoms with E-state index >= 15 is 0 Å². The molecule has 0 aliphatic rings. The smallest absolute Gasteiger partial charge is 0.148 e. The summed E-state index contributed by atoms with van der Waals surface area (Å²) in [7, 11) is 0. The number of benzene rings is 6. The third-order valence-electron chi connectivity index (χ3n) is 9.80. The fourth-order valence-electron chi connectivity index (χ4n) is 8.04. The molecule has 0 aliphatic heterocycles. The Labute approximate surface area is 268 Å². The van der Waals surface area contributed by atoms with Crippen molar-refractivity contribution in [2.24, 2.45) is 0 Å². The number of aromatic nitrogens is 5. The van der Waals surface area contributed by atoms with Gasteiger partial charge in [0.1, 0.15) is 5.65 Å². The largest absolute Gasteiger partial charge is 0.309 e. The Morgan fingerprint density at radius 2 is 0.936 bits per heavy atom. The lowest BCUT2D eigenvalue weighted by atomic mass is 9.98. The Balaban J connectivity index is 1.59. The van der Waals surface area contributed by atoms with E-state index in [1.165, 1.54) is 27.1 Å². The summed E-state index contributed by atoms with van der Waals surface area (Å²) in [5.74, 6) is 0. The Hall–Kier alpha value is -6.46. The summed E-state index contributed by atoms with van der Waals surface area (Å²) in [5, 5.41) is 7.02. The third-order valence-corrected chi connectivity index (χ3v) is 9.80. The standard InChI is InChI=1S/C42H25N5/c1-3-14-26(15-4-1)45-31-21-10-7-18-28(31)35-37-38(42-44-30-20-9-12-23-33(30)47(42)34-24-13-25-43-39(34)37)41-36(40(35)45)29-19-8-11-22-32(29)46(41)27-16-5-2-6-17-27/h1-25H. The first-order valence-corrected chi connectivity index (χ1v) is 16.0. The number of pyridine rings is 2. The molecule has 0 saturated carbocycles. The van der Waals surface area contributed by atoms with Gasteiger partial charge >= 0.3 is 0 Å². The van der Waals surface area contributed by atoms with Gasteiger partial charge in [-0.3, -0.25) is 9.38 Å². The van der Waals surface area contributed by atoms with Crippen molar-refractivity contribution in [3.05, 3.63) is 152 Å². The molecular weight excluding hydrogens is 574 g/mol. The zero-order chi connectivity index (χ0) is 30.6. The molecule has 0 atom stereocenters. The summed E-state index contributed by atoms with van der Waals surface area (Å²) in [6.45, 7) is 0. The Morgan fingerprint density at radius 3 is 1.62 bits per heavy atom. The fourth-order valence-corrected chi connectivity index (χ4v) is 8.04. The van der Waals surface area contributed by atoms with E-state index in [4.69, 9.17) is 9.97 Å². The summed E-state index contributed by atoms with van der Waals surface area (Å²) in [6, 6.07) is 51.7. The van der Waals surface area contributed by atoms with Crippen LogP contribution in [0.2, 0.25) is 0 Å². The van der Waals surface area contributed by atoms with Crippen LogP contribution in [0.4, 0.5) is 0 Å². The number of hydrogen-bond donors (Lipinski definition) is 0.